The first-order valence-electron chi connectivity index (χ1n) is 7.01. The van der Waals surface area contributed by atoms with E-state index in [1.54, 1.807) is 0 Å². The predicted molar refractivity (Wildman–Crippen MR) is 83.8 cm³/mol. The molecule has 0 radical (unpaired) electrons. The smallest absolute Gasteiger partial charge is 0.446 e. The molecule has 0 amide bonds. The highest BCUT2D eigenvalue weighted by molar-refractivity contribution is 7.81. The van der Waals surface area contributed by atoms with Crippen LogP contribution in [0.25, 0.3) is 0 Å². The third-order valence-corrected chi connectivity index (χ3v) is 4.02. The van der Waals surface area contributed by atoms with Crippen molar-refractivity contribution in [2.75, 3.05) is 0 Å². The summed E-state index contributed by atoms with van der Waals surface area (Å²) in [6.07, 6.45) is -3.06. The molecule has 1 heterocycles. The molecular weight excluding hydrogens is 372 g/mol. The van der Waals surface area contributed by atoms with E-state index in [9.17, 15) is 33.6 Å². The Morgan fingerprint density at radius 2 is 1.73 bits per heavy atom. The molecule has 2 aromatic carbocycles. The van der Waals surface area contributed by atoms with Crippen LogP contribution in [0.5, 0.6) is 28.7 Å². The zero-order valence-electron chi connectivity index (χ0n) is 12.7. The maximum Gasteiger partial charge on any atom is 0.446 e. The van der Waals surface area contributed by atoms with Crippen molar-refractivity contribution >= 4 is 16.2 Å². The van der Waals surface area contributed by atoms with E-state index in [1.165, 1.54) is 6.07 Å². The predicted octanol–water partition coefficient (Wildman–Crippen LogP) is 0.662. The first-order chi connectivity index (χ1) is 12.1. The number of carbonyl (C=O) groups excluding carboxylic acids is 1. The summed E-state index contributed by atoms with van der Waals surface area (Å²) in [5.74, 6) is -3.27. The second-order valence-corrected chi connectivity index (χ2v) is 6.45. The number of ketones is 1. The second kappa shape index (κ2) is 6.05. The molecule has 0 saturated heterocycles. The minimum Gasteiger partial charge on any atom is -0.508 e. The Hall–Kier alpha value is -3.02. The van der Waals surface area contributed by atoms with Crippen LogP contribution in [0.3, 0.4) is 0 Å². The van der Waals surface area contributed by atoms with Crippen LogP contribution in [-0.2, 0) is 10.4 Å². The minimum absolute atomic E-state index is 0.0690. The van der Waals surface area contributed by atoms with Gasteiger partial charge in [-0.3, -0.25) is 9.35 Å². The standard InChI is InChI=1S/C15H12O10S/c16-7-4-9(18)12-11(5-7)24-15(14(20)13(12)19)6-1-2-10(8(17)3-6)25-26(21,22)23/h1-5,14-18,20H,(H,21,22,23)/t14-,15?/m0/s1. The number of benzene rings is 2. The number of aliphatic hydroxyl groups is 1. The summed E-state index contributed by atoms with van der Waals surface area (Å²) in [7, 11) is -4.86. The zero-order valence-corrected chi connectivity index (χ0v) is 13.5. The van der Waals surface area contributed by atoms with Gasteiger partial charge in [0.05, 0.1) is 0 Å². The van der Waals surface area contributed by atoms with Crippen LogP contribution < -0.4 is 8.92 Å². The molecule has 1 unspecified atom stereocenters. The monoisotopic (exact) mass is 384 g/mol. The number of carbonyl (C=O) groups is 1. The lowest BCUT2D eigenvalue weighted by Crippen LogP contribution is -2.36. The molecule has 0 spiro atoms. The maximum atomic E-state index is 12.3. The van der Waals surface area contributed by atoms with Crippen LogP contribution in [0, 0.1) is 0 Å². The Labute approximate surface area is 146 Å². The molecule has 1 aliphatic rings. The molecule has 1 aliphatic heterocycles. The van der Waals surface area contributed by atoms with E-state index in [0.29, 0.717) is 0 Å². The van der Waals surface area contributed by atoms with Crippen LogP contribution in [0.2, 0.25) is 0 Å². The lowest BCUT2D eigenvalue weighted by Gasteiger charge is -2.30. The van der Waals surface area contributed by atoms with Crippen molar-refractivity contribution in [3.63, 3.8) is 0 Å². The van der Waals surface area contributed by atoms with Gasteiger partial charge in [-0.15, -0.1) is 0 Å². The molecule has 26 heavy (non-hydrogen) atoms. The molecule has 0 fully saturated rings. The third kappa shape index (κ3) is 3.22. The Kier molecular flexibility index (Phi) is 4.14. The minimum atomic E-state index is -4.86. The fraction of sp³-hybridized carbons (Fsp3) is 0.133. The molecule has 2 aromatic rings. The van der Waals surface area contributed by atoms with E-state index < -0.39 is 45.6 Å². The number of phenols is 3. The SMILES string of the molecule is O=C1c2c(O)cc(O)cc2OC(c2ccc(OS(=O)(=O)O)c(O)c2)[C@H]1O. The van der Waals surface area contributed by atoms with Gasteiger partial charge in [0.15, 0.2) is 23.7 Å². The summed E-state index contributed by atoms with van der Waals surface area (Å²) in [5, 5.41) is 39.3. The topological polar surface area (TPSA) is 171 Å². The fourth-order valence-corrected chi connectivity index (χ4v) is 2.93. The summed E-state index contributed by atoms with van der Waals surface area (Å²) >= 11 is 0. The summed E-state index contributed by atoms with van der Waals surface area (Å²) < 4.78 is 39.6. The van der Waals surface area contributed by atoms with Crippen molar-refractivity contribution in [2.45, 2.75) is 12.2 Å². The van der Waals surface area contributed by atoms with Crippen molar-refractivity contribution in [1.29, 1.82) is 0 Å². The molecule has 0 bridgehead atoms. The van der Waals surface area contributed by atoms with Gasteiger partial charge >= 0.3 is 10.4 Å². The molecule has 0 aliphatic carbocycles. The lowest BCUT2D eigenvalue weighted by atomic mass is 9.92. The number of hydrogen-bond donors (Lipinski definition) is 5. The van der Waals surface area contributed by atoms with Crippen LogP contribution in [-0.4, -0.2) is 45.3 Å². The van der Waals surface area contributed by atoms with Gasteiger partial charge in [0.2, 0.25) is 5.78 Å². The highest BCUT2D eigenvalue weighted by Gasteiger charge is 2.39. The average Bonchev–Trinajstić information content (AvgIpc) is 2.51. The van der Waals surface area contributed by atoms with Crippen molar-refractivity contribution < 1.29 is 47.1 Å². The molecule has 11 heteroatoms. The van der Waals surface area contributed by atoms with Gasteiger partial charge < -0.3 is 29.3 Å². The Morgan fingerprint density at radius 3 is 2.35 bits per heavy atom. The highest BCUT2D eigenvalue weighted by atomic mass is 32.3. The van der Waals surface area contributed by atoms with Gasteiger partial charge in [-0.1, -0.05) is 6.07 Å². The lowest BCUT2D eigenvalue weighted by molar-refractivity contribution is 0.0210. The molecule has 0 saturated carbocycles. The van der Waals surface area contributed by atoms with Crippen LogP contribution in [0.4, 0.5) is 0 Å². The average molecular weight is 384 g/mol. The summed E-state index contributed by atoms with van der Waals surface area (Å²) in [4.78, 5) is 12.3. The van der Waals surface area contributed by atoms with Crippen LogP contribution in [0.1, 0.15) is 22.0 Å². The highest BCUT2D eigenvalue weighted by Crippen LogP contribution is 2.42. The largest absolute Gasteiger partial charge is 0.508 e. The number of aromatic hydroxyl groups is 3. The van der Waals surface area contributed by atoms with E-state index in [0.717, 1.165) is 24.3 Å². The Balaban J connectivity index is 2.00. The first-order valence-corrected chi connectivity index (χ1v) is 8.38. The normalized spacial score (nSPS) is 19.5. The van der Waals surface area contributed by atoms with Crippen LogP contribution >= 0.6 is 0 Å². The van der Waals surface area contributed by atoms with E-state index in [4.69, 9.17) is 9.29 Å². The summed E-state index contributed by atoms with van der Waals surface area (Å²) in [6, 6.07) is 5.13. The molecule has 10 nitrogen and oxygen atoms in total. The molecular formula is C15H12O10S. The van der Waals surface area contributed by atoms with Gasteiger partial charge in [0.1, 0.15) is 22.8 Å². The number of aliphatic hydroxyl groups excluding tert-OH is 1. The van der Waals surface area contributed by atoms with Crippen molar-refractivity contribution in [2.24, 2.45) is 0 Å². The van der Waals surface area contributed by atoms with E-state index in [1.807, 2.05) is 0 Å². The first kappa shape index (κ1) is 17.8. The number of rotatable bonds is 3. The molecule has 138 valence electrons. The molecule has 3 rings (SSSR count). The Bertz CT molecular complexity index is 998. The number of phenolic OH excluding ortho intramolecular Hbond substituents is 3. The van der Waals surface area contributed by atoms with Crippen LogP contribution in [0.15, 0.2) is 30.3 Å². The molecule has 0 aromatic heterocycles. The number of ether oxygens (including phenoxy) is 1. The fourth-order valence-electron chi connectivity index (χ4n) is 2.56. The van der Waals surface area contributed by atoms with Gasteiger partial charge in [0.25, 0.3) is 0 Å². The summed E-state index contributed by atoms with van der Waals surface area (Å²) in [6.45, 7) is 0. The van der Waals surface area contributed by atoms with E-state index >= 15 is 0 Å². The second-order valence-electron chi connectivity index (χ2n) is 5.42. The maximum absolute atomic E-state index is 12.3. The van der Waals surface area contributed by atoms with Gasteiger partial charge in [-0.2, -0.15) is 8.42 Å². The van der Waals surface area contributed by atoms with Gasteiger partial charge in [0, 0.05) is 12.1 Å². The van der Waals surface area contributed by atoms with Gasteiger partial charge in [-0.05, 0) is 17.7 Å². The Morgan fingerprint density at radius 1 is 1.04 bits per heavy atom. The number of hydrogen-bond acceptors (Lipinski definition) is 9. The van der Waals surface area contributed by atoms with Crippen molar-refractivity contribution in [1.82, 2.24) is 0 Å². The molecule has 5 N–H and O–H groups in total. The molecule has 2 atom stereocenters. The zero-order chi connectivity index (χ0) is 19.2. The van der Waals surface area contributed by atoms with Gasteiger partial charge in [-0.25, -0.2) is 0 Å². The quantitative estimate of drug-likeness (QED) is 0.473. The summed E-state index contributed by atoms with van der Waals surface area (Å²) in [5.41, 5.74) is -0.235. The number of Topliss-reactive ketones (excluding diaryl/α,β-unsaturated/α-hetero) is 1. The third-order valence-electron chi connectivity index (χ3n) is 3.63. The van der Waals surface area contributed by atoms with E-state index in [2.05, 4.69) is 4.18 Å². The number of fused-ring (bicyclic) bond motifs is 1. The van der Waals surface area contributed by atoms with E-state index in [-0.39, 0.29) is 22.6 Å². The van der Waals surface area contributed by atoms with Crippen molar-refractivity contribution in [3.05, 3.63) is 41.5 Å². The van der Waals surface area contributed by atoms with Crippen molar-refractivity contribution in [3.8, 4) is 28.7 Å².